The normalized spacial score (nSPS) is 14.6. The van der Waals surface area contributed by atoms with Gasteiger partial charge in [0.05, 0.1) is 19.7 Å². The highest BCUT2D eigenvalue weighted by atomic mass is 32.2. The first-order valence-electron chi connectivity index (χ1n) is 12.2. The van der Waals surface area contributed by atoms with Crippen LogP contribution in [-0.2, 0) is 15.0 Å². The standard InChI is InChI=1S/C27H32N4O6S/c1-29(2)38(34,35)31-18-20(21-10-6-7-11-23(21)31)16-22(27(33)30-14-8-5-9-15-30)28-26(32)19-12-13-24(36-3)25(17-19)37-4/h6-7,10-13,16-18H,5,8-9,14-15H2,1-4H3,(H,28,32)/b22-16-. The van der Waals surface area contributed by atoms with Crippen LogP contribution >= 0.6 is 0 Å². The molecular formula is C27H32N4O6S. The Bertz CT molecular complexity index is 1490. The minimum absolute atomic E-state index is 0.0526. The van der Waals surface area contributed by atoms with E-state index >= 15 is 0 Å². The average Bonchev–Trinajstić information content (AvgIpc) is 3.31. The van der Waals surface area contributed by atoms with Crippen molar-refractivity contribution in [2.45, 2.75) is 19.3 Å². The zero-order chi connectivity index (χ0) is 27.4. The van der Waals surface area contributed by atoms with Gasteiger partial charge in [-0.15, -0.1) is 0 Å². The lowest BCUT2D eigenvalue weighted by Gasteiger charge is -2.27. The smallest absolute Gasteiger partial charge is 0.307 e. The second-order valence-electron chi connectivity index (χ2n) is 9.12. The van der Waals surface area contributed by atoms with E-state index in [9.17, 15) is 18.0 Å². The number of benzene rings is 2. The van der Waals surface area contributed by atoms with E-state index in [1.54, 1.807) is 47.4 Å². The molecule has 10 nitrogen and oxygen atoms in total. The fraction of sp³-hybridized carbons (Fsp3) is 0.333. The van der Waals surface area contributed by atoms with Crippen molar-refractivity contribution in [2.75, 3.05) is 41.4 Å². The summed E-state index contributed by atoms with van der Waals surface area (Å²) < 4.78 is 38.9. The Morgan fingerprint density at radius 1 is 0.974 bits per heavy atom. The molecule has 2 aromatic carbocycles. The zero-order valence-corrected chi connectivity index (χ0v) is 22.7. The highest BCUT2D eigenvalue weighted by molar-refractivity contribution is 7.87. The molecule has 0 atom stereocenters. The highest BCUT2D eigenvalue weighted by Crippen LogP contribution is 2.29. The fourth-order valence-corrected chi connectivity index (χ4v) is 5.41. The third-order valence-corrected chi connectivity index (χ3v) is 8.21. The number of nitrogens with one attached hydrogen (secondary N) is 1. The zero-order valence-electron chi connectivity index (χ0n) is 21.9. The van der Waals surface area contributed by atoms with Gasteiger partial charge in [-0.3, -0.25) is 9.59 Å². The molecule has 4 rings (SSSR count). The fourth-order valence-electron chi connectivity index (χ4n) is 4.40. The summed E-state index contributed by atoms with van der Waals surface area (Å²) in [5, 5.41) is 3.40. The minimum Gasteiger partial charge on any atom is -0.493 e. The molecule has 1 saturated heterocycles. The van der Waals surface area contributed by atoms with E-state index in [4.69, 9.17) is 9.47 Å². The van der Waals surface area contributed by atoms with Crippen LogP contribution in [0.4, 0.5) is 0 Å². The Kier molecular flexibility index (Phi) is 8.08. The lowest BCUT2D eigenvalue weighted by molar-refractivity contribution is -0.128. The quantitative estimate of drug-likeness (QED) is 0.440. The van der Waals surface area contributed by atoms with E-state index in [2.05, 4.69) is 5.32 Å². The Morgan fingerprint density at radius 2 is 1.66 bits per heavy atom. The third-order valence-electron chi connectivity index (χ3n) is 6.49. The van der Waals surface area contributed by atoms with E-state index in [1.807, 2.05) is 0 Å². The maximum absolute atomic E-state index is 13.6. The van der Waals surface area contributed by atoms with Gasteiger partial charge in [-0.2, -0.15) is 12.7 Å². The van der Waals surface area contributed by atoms with Crippen molar-refractivity contribution in [3.8, 4) is 11.5 Å². The number of amides is 2. The summed E-state index contributed by atoms with van der Waals surface area (Å²) in [5.74, 6) is 0.0159. The number of carbonyl (C=O) groups is 2. The van der Waals surface area contributed by atoms with Crippen LogP contribution in [0.15, 0.2) is 54.4 Å². The van der Waals surface area contributed by atoms with Crippen LogP contribution in [0.25, 0.3) is 17.0 Å². The Labute approximate surface area is 222 Å². The molecule has 1 fully saturated rings. The Morgan fingerprint density at radius 3 is 2.32 bits per heavy atom. The van der Waals surface area contributed by atoms with E-state index < -0.39 is 16.1 Å². The van der Waals surface area contributed by atoms with Gasteiger partial charge < -0.3 is 19.7 Å². The summed E-state index contributed by atoms with van der Waals surface area (Å²) in [7, 11) is 2.06. The average molecular weight is 541 g/mol. The van der Waals surface area contributed by atoms with Crippen molar-refractivity contribution in [1.29, 1.82) is 0 Å². The summed E-state index contributed by atoms with van der Waals surface area (Å²) >= 11 is 0. The van der Waals surface area contributed by atoms with Crippen LogP contribution in [0.5, 0.6) is 11.5 Å². The highest BCUT2D eigenvalue weighted by Gasteiger charge is 2.25. The molecule has 3 aromatic rings. The Balaban J connectivity index is 1.80. The molecule has 2 heterocycles. The maximum atomic E-state index is 13.6. The van der Waals surface area contributed by atoms with Crippen molar-refractivity contribution >= 4 is 39.0 Å². The van der Waals surface area contributed by atoms with E-state index in [0.717, 1.165) is 23.6 Å². The van der Waals surface area contributed by atoms with Gasteiger partial charge in [-0.1, -0.05) is 18.2 Å². The number of likely N-dealkylation sites (tertiary alicyclic amines) is 1. The summed E-state index contributed by atoms with van der Waals surface area (Å²) in [6.45, 7) is 1.17. The second kappa shape index (κ2) is 11.3. The van der Waals surface area contributed by atoms with Crippen LogP contribution in [0.2, 0.25) is 0 Å². The number of carbonyl (C=O) groups excluding carboxylic acids is 2. The largest absolute Gasteiger partial charge is 0.493 e. The minimum atomic E-state index is -3.83. The molecule has 0 saturated carbocycles. The number of nitrogens with zero attached hydrogens (tertiary/aromatic N) is 3. The van der Waals surface area contributed by atoms with E-state index in [-0.39, 0.29) is 17.2 Å². The van der Waals surface area contributed by atoms with Gasteiger partial charge in [-0.05, 0) is 49.6 Å². The molecule has 1 N–H and O–H groups in total. The topological polar surface area (TPSA) is 110 Å². The van der Waals surface area contributed by atoms with Gasteiger partial charge in [0.25, 0.3) is 11.8 Å². The predicted molar refractivity (Wildman–Crippen MR) is 145 cm³/mol. The van der Waals surface area contributed by atoms with Gasteiger partial charge in [0.1, 0.15) is 5.70 Å². The molecule has 0 spiro atoms. The van der Waals surface area contributed by atoms with Gasteiger partial charge >= 0.3 is 10.2 Å². The molecule has 1 aromatic heterocycles. The van der Waals surface area contributed by atoms with Crippen LogP contribution < -0.4 is 14.8 Å². The molecule has 38 heavy (non-hydrogen) atoms. The molecule has 202 valence electrons. The summed E-state index contributed by atoms with van der Waals surface area (Å²) in [6.07, 6.45) is 5.80. The van der Waals surface area contributed by atoms with Gasteiger partial charge in [0.2, 0.25) is 0 Å². The first kappa shape index (κ1) is 27.2. The summed E-state index contributed by atoms with van der Waals surface area (Å²) in [6, 6.07) is 11.7. The Hall–Kier alpha value is -3.83. The van der Waals surface area contributed by atoms with Crippen molar-refractivity contribution in [3.05, 3.63) is 65.5 Å². The lowest BCUT2D eigenvalue weighted by atomic mass is 10.1. The first-order valence-corrected chi connectivity index (χ1v) is 13.6. The number of piperidine rings is 1. The van der Waals surface area contributed by atoms with Crippen molar-refractivity contribution in [3.63, 3.8) is 0 Å². The number of hydrogen-bond donors (Lipinski definition) is 1. The lowest BCUT2D eigenvalue weighted by Crippen LogP contribution is -2.41. The van der Waals surface area contributed by atoms with Crippen molar-refractivity contribution in [2.24, 2.45) is 0 Å². The molecule has 0 radical (unpaired) electrons. The van der Waals surface area contributed by atoms with E-state index in [0.29, 0.717) is 41.1 Å². The number of methoxy groups -OCH3 is 2. The van der Waals surface area contributed by atoms with Gasteiger partial charge in [-0.25, -0.2) is 3.97 Å². The maximum Gasteiger partial charge on any atom is 0.307 e. The van der Waals surface area contributed by atoms with Crippen LogP contribution in [-0.4, -0.2) is 74.8 Å². The monoisotopic (exact) mass is 540 g/mol. The molecule has 1 aliphatic heterocycles. The van der Waals surface area contributed by atoms with Gasteiger partial charge in [0.15, 0.2) is 11.5 Å². The number of para-hydroxylation sites is 1. The number of rotatable bonds is 8. The van der Waals surface area contributed by atoms with Crippen LogP contribution in [0.1, 0.15) is 35.2 Å². The SMILES string of the molecule is COc1ccc(C(=O)N/C(=C\c2cn(S(=O)(=O)N(C)C)c3ccccc23)C(=O)N2CCCCC2)cc1OC. The predicted octanol–water partition coefficient (Wildman–Crippen LogP) is 3.10. The first-order chi connectivity index (χ1) is 18.2. The third kappa shape index (κ3) is 5.39. The van der Waals surface area contributed by atoms with Crippen LogP contribution in [0, 0.1) is 0 Å². The number of ether oxygens (including phenoxy) is 2. The molecule has 0 unspecified atom stereocenters. The molecular weight excluding hydrogens is 508 g/mol. The molecule has 0 aliphatic carbocycles. The van der Waals surface area contributed by atoms with Gasteiger partial charge in [0, 0.05) is 49.9 Å². The number of hydrogen-bond acceptors (Lipinski definition) is 6. The molecule has 2 amide bonds. The summed E-state index contributed by atoms with van der Waals surface area (Å²) in [5.41, 5.74) is 1.27. The van der Waals surface area contributed by atoms with Crippen molar-refractivity contribution in [1.82, 2.24) is 18.5 Å². The molecule has 1 aliphatic rings. The van der Waals surface area contributed by atoms with E-state index in [1.165, 1.54) is 44.6 Å². The number of aromatic nitrogens is 1. The molecule has 0 bridgehead atoms. The van der Waals surface area contributed by atoms with Crippen LogP contribution in [0.3, 0.4) is 0 Å². The summed E-state index contributed by atoms with van der Waals surface area (Å²) in [4.78, 5) is 28.6. The molecule has 11 heteroatoms. The van der Waals surface area contributed by atoms with Crippen molar-refractivity contribution < 1.29 is 27.5 Å². The number of fused-ring (bicyclic) bond motifs is 1. The second-order valence-corrected chi connectivity index (χ2v) is 11.1.